The number of thiophene rings is 1. The third-order valence-corrected chi connectivity index (χ3v) is 3.25. The zero-order valence-corrected chi connectivity index (χ0v) is 10.1. The molecule has 86 valence electrons. The van der Waals surface area contributed by atoms with Gasteiger partial charge >= 0.3 is 0 Å². The second-order valence-electron chi connectivity index (χ2n) is 3.65. The lowest BCUT2D eigenvalue weighted by Crippen LogP contribution is -2.22. The molecule has 0 spiro atoms. The fourth-order valence-corrected chi connectivity index (χ4v) is 2.41. The Labute approximate surface area is 99.1 Å². The van der Waals surface area contributed by atoms with E-state index in [4.69, 9.17) is 0 Å². The number of aromatic nitrogens is 3. The van der Waals surface area contributed by atoms with Crippen molar-refractivity contribution in [2.24, 2.45) is 0 Å². The molecular weight excluding hydrogens is 220 g/mol. The number of hydrogen-bond acceptors (Lipinski definition) is 4. The van der Waals surface area contributed by atoms with E-state index in [1.807, 2.05) is 0 Å². The third-order valence-electron chi connectivity index (χ3n) is 2.52. The molecule has 0 aliphatic carbocycles. The molecule has 0 bridgehead atoms. The van der Waals surface area contributed by atoms with Gasteiger partial charge in [0, 0.05) is 0 Å². The van der Waals surface area contributed by atoms with E-state index in [0.29, 0.717) is 0 Å². The molecular formula is C11H16N4S. The van der Waals surface area contributed by atoms with E-state index in [-0.39, 0.29) is 6.04 Å². The van der Waals surface area contributed by atoms with E-state index < -0.39 is 0 Å². The van der Waals surface area contributed by atoms with Crippen LogP contribution in [0.15, 0.2) is 23.2 Å². The van der Waals surface area contributed by atoms with E-state index in [1.54, 1.807) is 17.7 Å². The Balaban J connectivity index is 1.93. The van der Waals surface area contributed by atoms with Crippen LogP contribution in [0, 0.1) is 0 Å². The Bertz CT molecular complexity index is 382. The van der Waals surface area contributed by atoms with Crippen molar-refractivity contribution in [3.63, 3.8) is 0 Å². The normalized spacial score (nSPS) is 12.8. The van der Waals surface area contributed by atoms with Crippen LogP contribution in [0.25, 0.3) is 0 Å². The van der Waals surface area contributed by atoms with Crippen LogP contribution in [0.5, 0.6) is 0 Å². The summed E-state index contributed by atoms with van der Waals surface area (Å²) in [4.78, 5) is 4.21. The smallest absolute Gasteiger partial charge is 0.141 e. The molecule has 0 radical (unpaired) electrons. The van der Waals surface area contributed by atoms with Gasteiger partial charge < -0.3 is 5.32 Å². The molecule has 0 aliphatic heterocycles. The number of H-pyrrole nitrogens is 1. The van der Waals surface area contributed by atoms with Crippen LogP contribution in [0.4, 0.5) is 0 Å². The van der Waals surface area contributed by atoms with E-state index in [9.17, 15) is 0 Å². The lowest BCUT2D eigenvalue weighted by molar-refractivity contribution is 0.492. The Morgan fingerprint density at radius 3 is 3.12 bits per heavy atom. The molecule has 2 N–H and O–H groups in total. The molecule has 0 aliphatic rings. The predicted octanol–water partition coefficient (Wildman–Crippen LogP) is 2.15. The highest BCUT2D eigenvalue weighted by Gasteiger charge is 2.12. The van der Waals surface area contributed by atoms with Gasteiger partial charge in [0.2, 0.25) is 0 Å². The van der Waals surface area contributed by atoms with Crippen LogP contribution in [0.3, 0.4) is 0 Å². The molecule has 1 unspecified atom stereocenters. The van der Waals surface area contributed by atoms with Crippen molar-refractivity contribution in [2.75, 3.05) is 6.54 Å². The van der Waals surface area contributed by atoms with Crippen molar-refractivity contribution < 1.29 is 0 Å². The van der Waals surface area contributed by atoms with Gasteiger partial charge in [0.25, 0.3) is 0 Å². The molecule has 16 heavy (non-hydrogen) atoms. The summed E-state index contributed by atoms with van der Waals surface area (Å²) in [6.45, 7) is 3.04. The average molecular weight is 236 g/mol. The van der Waals surface area contributed by atoms with Gasteiger partial charge in [-0.25, -0.2) is 4.98 Å². The number of nitrogens with zero attached hydrogens (tertiary/aromatic N) is 2. The first-order chi connectivity index (χ1) is 7.90. The number of aryl methyl sites for hydroxylation is 1. The van der Waals surface area contributed by atoms with Crippen molar-refractivity contribution in [1.29, 1.82) is 0 Å². The van der Waals surface area contributed by atoms with Gasteiger partial charge in [-0.3, -0.25) is 5.10 Å². The summed E-state index contributed by atoms with van der Waals surface area (Å²) in [7, 11) is 0. The summed E-state index contributed by atoms with van der Waals surface area (Å²) >= 11 is 1.75. The third kappa shape index (κ3) is 2.90. The molecule has 0 aromatic carbocycles. The van der Waals surface area contributed by atoms with Crippen molar-refractivity contribution in [2.45, 2.75) is 25.8 Å². The molecule has 2 rings (SSSR count). The number of aromatic amines is 1. The minimum Gasteiger partial charge on any atom is -0.308 e. The molecule has 0 saturated carbocycles. The van der Waals surface area contributed by atoms with Gasteiger partial charge in [0.1, 0.15) is 12.2 Å². The predicted molar refractivity (Wildman–Crippen MR) is 65.4 cm³/mol. The SMILES string of the molecule is CCNC(CCc1ccsc1)c1ncn[nH]1. The number of nitrogens with one attached hydrogen (secondary N) is 2. The fourth-order valence-electron chi connectivity index (χ4n) is 1.71. The lowest BCUT2D eigenvalue weighted by atomic mass is 10.1. The van der Waals surface area contributed by atoms with Crippen molar-refractivity contribution in [3.05, 3.63) is 34.5 Å². The maximum Gasteiger partial charge on any atom is 0.141 e. The van der Waals surface area contributed by atoms with Crippen molar-refractivity contribution >= 4 is 11.3 Å². The number of rotatable bonds is 6. The first-order valence-electron chi connectivity index (χ1n) is 5.50. The van der Waals surface area contributed by atoms with Crippen molar-refractivity contribution in [3.8, 4) is 0 Å². The zero-order valence-electron chi connectivity index (χ0n) is 9.31. The minimum absolute atomic E-state index is 0.271. The summed E-state index contributed by atoms with van der Waals surface area (Å²) in [5, 5.41) is 14.6. The first kappa shape index (κ1) is 11.3. The summed E-state index contributed by atoms with van der Waals surface area (Å²) in [5.74, 6) is 0.928. The van der Waals surface area contributed by atoms with Crippen LogP contribution < -0.4 is 5.32 Å². The monoisotopic (exact) mass is 236 g/mol. The highest BCUT2D eigenvalue weighted by Crippen LogP contribution is 2.16. The molecule has 2 aromatic rings. The van der Waals surface area contributed by atoms with Crippen molar-refractivity contribution in [1.82, 2.24) is 20.5 Å². The maximum atomic E-state index is 4.21. The fraction of sp³-hybridized carbons (Fsp3) is 0.455. The van der Waals surface area contributed by atoms with Crippen LogP contribution in [0.2, 0.25) is 0 Å². The van der Waals surface area contributed by atoms with E-state index in [0.717, 1.165) is 25.2 Å². The van der Waals surface area contributed by atoms with Crippen LogP contribution in [0.1, 0.15) is 30.8 Å². The Morgan fingerprint density at radius 2 is 2.50 bits per heavy atom. The van der Waals surface area contributed by atoms with Crippen LogP contribution in [-0.4, -0.2) is 21.7 Å². The van der Waals surface area contributed by atoms with Crippen LogP contribution >= 0.6 is 11.3 Å². The van der Waals surface area contributed by atoms with Gasteiger partial charge in [-0.2, -0.15) is 16.4 Å². The van der Waals surface area contributed by atoms with Gasteiger partial charge in [-0.1, -0.05) is 6.92 Å². The van der Waals surface area contributed by atoms with Gasteiger partial charge in [-0.05, 0) is 41.8 Å². The van der Waals surface area contributed by atoms with E-state index in [1.165, 1.54) is 5.56 Å². The van der Waals surface area contributed by atoms with Gasteiger partial charge in [0.15, 0.2) is 0 Å². The van der Waals surface area contributed by atoms with E-state index >= 15 is 0 Å². The molecule has 2 heterocycles. The standard InChI is InChI=1S/C11H16N4S/c1-2-12-10(11-13-8-14-15-11)4-3-9-5-6-16-7-9/h5-8,10,12H,2-4H2,1H3,(H,13,14,15). The van der Waals surface area contributed by atoms with E-state index in [2.05, 4.69) is 44.2 Å². The highest BCUT2D eigenvalue weighted by atomic mass is 32.1. The largest absolute Gasteiger partial charge is 0.308 e. The summed E-state index contributed by atoms with van der Waals surface area (Å²) in [5.41, 5.74) is 1.40. The second-order valence-corrected chi connectivity index (χ2v) is 4.43. The first-order valence-corrected chi connectivity index (χ1v) is 6.44. The minimum atomic E-state index is 0.271. The summed E-state index contributed by atoms with van der Waals surface area (Å²) in [6, 6.07) is 2.45. The second kappa shape index (κ2) is 5.77. The summed E-state index contributed by atoms with van der Waals surface area (Å²) in [6.07, 6.45) is 3.67. The quantitative estimate of drug-likeness (QED) is 0.808. The lowest BCUT2D eigenvalue weighted by Gasteiger charge is -2.14. The molecule has 4 nitrogen and oxygen atoms in total. The molecule has 0 fully saturated rings. The Morgan fingerprint density at radius 1 is 1.56 bits per heavy atom. The van der Waals surface area contributed by atoms with Gasteiger partial charge in [-0.15, -0.1) is 0 Å². The Hall–Kier alpha value is -1.20. The average Bonchev–Trinajstić information content (AvgIpc) is 2.96. The molecule has 0 amide bonds. The van der Waals surface area contributed by atoms with Gasteiger partial charge in [0.05, 0.1) is 6.04 Å². The molecule has 0 saturated heterocycles. The Kier molecular flexibility index (Phi) is 4.07. The molecule has 1 atom stereocenters. The molecule has 5 heteroatoms. The zero-order chi connectivity index (χ0) is 11.2. The summed E-state index contributed by atoms with van der Waals surface area (Å²) < 4.78 is 0. The topological polar surface area (TPSA) is 53.6 Å². The number of hydrogen-bond donors (Lipinski definition) is 2. The molecule has 2 aromatic heterocycles. The van der Waals surface area contributed by atoms with Crippen LogP contribution in [-0.2, 0) is 6.42 Å². The highest BCUT2D eigenvalue weighted by molar-refractivity contribution is 7.07. The maximum absolute atomic E-state index is 4.21.